The van der Waals surface area contributed by atoms with Crippen molar-refractivity contribution < 1.29 is 0 Å². The minimum absolute atomic E-state index is 0.0136. The average molecular weight is 427 g/mol. The lowest BCUT2D eigenvalue weighted by molar-refractivity contribution is 0.304. The second-order valence-electron chi connectivity index (χ2n) is 8.01. The topological polar surface area (TPSA) is 33.1 Å². The van der Waals surface area contributed by atoms with Crippen molar-refractivity contribution in [1.82, 2.24) is 19.8 Å². The molecule has 2 aromatic heterocycles. The van der Waals surface area contributed by atoms with E-state index in [-0.39, 0.29) is 12.1 Å². The van der Waals surface area contributed by atoms with Crippen molar-refractivity contribution in [2.45, 2.75) is 31.8 Å². The van der Waals surface area contributed by atoms with E-state index in [0.29, 0.717) is 0 Å². The van der Waals surface area contributed by atoms with Crippen LogP contribution in [0.15, 0.2) is 85.2 Å². The predicted molar refractivity (Wildman–Crippen MR) is 130 cm³/mol. The van der Waals surface area contributed by atoms with Gasteiger partial charge in [0, 0.05) is 30.3 Å². The van der Waals surface area contributed by atoms with E-state index in [9.17, 15) is 0 Å². The minimum atomic E-state index is 0.0136. The number of benzene rings is 2. The van der Waals surface area contributed by atoms with Gasteiger partial charge in [-0.15, -0.1) is 0 Å². The summed E-state index contributed by atoms with van der Waals surface area (Å²) in [5.74, 6) is 0. The molecule has 4 aromatic rings. The van der Waals surface area contributed by atoms with Crippen molar-refractivity contribution in [2.75, 3.05) is 6.54 Å². The molecule has 1 aliphatic heterocycles. The number of unbranched alkanes of at least 4 members (excludes halogenated alkanes) is 1. The van der Waals surface area contributed by atoms with Crippen LogP contribution in [0.2, 0.25) is 0 Å². The summed E-state index contributed by atoms with van der Waals surface area (Å²) in [6.07, 6.45) is 6.23. The minimum Gasteiger partial charge on any atom is -0.352 e. The van der Waals surface area contributed by atoms with Crippen molar-refractivity contribution in [1.29, 1.82) is 0 Å². The van der Waals surface area contributed by atoms with Crippen LogP contribution >= 0.6 is 12.2 Å². The fraction of sp³-hybridized carbons (Fsp3) is 0.231. The quantitative estimate of drug-likeness (QED) is 0.395. The highest BCUT2D eigenvalue weighted by atomic mass is 32.1. The van der Waals surface area contributed by atoms with Crippen LogP contribution < -0.4 is 5.32 Å². The van der Waals surface area contributed by atoms with E-state index in [1.165, 1.54) is 16.5 Å². The van der Waals surface area contributed by atoms with Crippen LogP contribution in [0.1, 0.15) is 43.2 Å². The van der Waals surface area contributed by atoms with Crippen molar-refractivity contribution in [3.63, 3.8) is 0 Å². The molecular weight excluding hydrogens is 400 g/mol. The van der Waals surface area contributed by atoms with Crippen molar-refractivity contribution in [3.8, 4) is 5.69 Å². The van der Waals surface area contributed by atoms with Gasteiger partial charge in [0.05, 0.1) is 17.8 Å². The summed E-state index contributed by atoms with van der Waals surface area (Å²) in [6, 6.07) is 25.6. The Hall–Kier alpha value is -3.18. The maximum absolute atomic E-state index is 5.78. The van der Waals surface area contributed by atoms with Crippen LogP contribution in [0.3, 0.4) is 0 Å². The maximum Gasteiger partial charge on any atom is 0.170 e. The van der Waals surface area contributed by atoms with Crippen LogP contribution in [0.4, 0.5) is 0 Å². The maximum atomic E-state index is 5.78. The Labute approximate surface area is 188 Å². The molecule has 0 saturated carbocycles. The molecule has 0 spiro atoms. The SMILES string of the molecule is CCCCN1C(=S)N[C@@H](c2ccccn2)[C@@H]1c1cccn1-c1ccc2ccccc2c1. The lowest BCUT2D eigenvalue weighted by atomic mass is 10.0. The van der Waals surface area contributed by atoms with E-state index in [4.69, 9.17) is 12.2 Å². The highest BCUT2D eigenvalue weighted by molar-refractivity contribution is 7.80. The standard InChI is InChI=1S/C26H26N4S/c1-2-3-16-30-25(24(28-26(30)31)22-11-6-7-15-27-22)23-12-8-17-29(23)21-14-13-19-9-4-5-10-20(19)18-21/h4-15,17-18,24-25H,2-3,16H2,1H3,(H,28,31)/t24-,25-/m0/s1. The van der Waals surface area contributed by atoms with Gasteiger partial charge in [0.25, 0.3) is 0 Å². The van der Waals surface area contributed by atoms with Crippen LogP contribution in [0.5, 0.6) is 0 Å². The molecule has 0 radical (unpaired) electrons. The first kappa shape index (κ1) is 19.8. The highest BCUT2D eigenvalue weighted by Crippen LogP contribution is 2.39. The number of nitrogens with zero attached hydrogens (tertiary/aromatic N) is 3. The number of hydrogen-bond acceptors (Lipinski definition) is 2. The molecule has 4 nitrogen and oxygen atoms in total. The number of nitrogens with one attached hydrogen (secondary N) is 1. The molecule has 2 atom stereocenters. The van der Waals surface area contributed by atoms with Crippen LogP contribution in [-0.2, 0) is 0 Å². The Morgan fingerprint density at radius 1 is 0.968 bits per heavy atom. The largest absolute Gasteiger partial charge is 0.352 e. The van der Waals surface area contributed by atoms with E-state index >= 15 is 0 Å². The molecule has 1 fully saturated rings. The van der Waals surface area contributed by atoms with Gasteiger partial charge in [-0.05, 0) is 65.8 Å². The normalized spacial score (nSPS) is 18.5. The average Bonchev–Trinajstić information content (AvgIpc) is 3.42. The Kier molecular flexibility index (Phi) is 5.43. The molecule has 0 bridgehead atoms. The number of thiocarbonyl (C=S) groups is 1. The van der Waals surface area contributed by atoms with Crippen LogP contribution in [-0.4, -0.2) is 26.1 Å². The summed E-state index contributed by atoms with van der Waals surface area (Å²) in [5.41, 5.74) is 3.39. The summed E-state index contributed by atoms with van der Waals surface area (Å²) in [5, 5.41) is 6.85. The summed E-state index contributed by atoms with van der Waals surface area (Å²) in [7, 11) is 0. The van der Waals surface area contributed by atoms with Crippen molar-refractivity contribution in [3.05, 3.63) is 96.6 Å². The van der Waals surface area contributed by atoms with Gasteiger partial charge in [-0.3, -0.25) is 4.98 Å². The third kappa shape index (κ3) is 3.70. The molecule has 1 saturated heterocycles. The van der Waals surface area contributed by atoms with Gasteiger partial charge >= 0.3 is 0 Å². The molecule has 5 heteroatoms. The van der Waals surface area contributed by atoms with E-state index < -0.39 is 0 Å². The first-order valence-corrected chi connectivity index (χ1v) is 11.3. The van der Waals surface area contributed by atoms with E-state index in [2.05, 4.69) is 93.6 Å². The molecule has 31 heavy (non-hydrogen) atoms. The lowest BCUT2D eigenvalue weighted by Gasteiger charge is -2.29. The molecule has 0 amide bonds. The summed E-state index contributed by atoms with van der Waals surface area (Å²) >= 11 is 5.78. The molecular formula is C26H26N4S. The van der Waals surface area contributed by atoms with E-state index in [1.807, 2.05) is 18.3 Å². The Morgan fingerprint density at radius 2 is 1.81 bits per heavy atom. The second-order valence-corrected chi connectivity index (χ2v) is 8.39. The van der Waals surface area contributed by atoms with E-state index in [0.717, 1.165) is 35.9 Å². The van der Waals surface area contributed by atoms with Gasteiger partial charge in [-0.2, -0.15) is 0 Å². The summed E-state index contributed by atoms with van der Waals surface area (Å²) in [6.45, 7) is 3.15. The molecule has 3 heterocycles. The molecule has 5 rings (SSSR count). The fourth-order valence-electron chi connectivity index (χ4n) is 4.49. The monoisotopic (exact) mass is 426 g/mol. The van der Waals surface area contributed by atoms with Gasteiger partial charge in [-0.1, -0.05) is 49.7 Å². The zero-order valence-electron chi connectivity index (χ0n) is 17.6. The number of pyridine rings is 1. The third-order valence-electron chi connectivity index (χ3n) is 6.04. The van der Waals surface area contributed by atoms with Crippen LogP contribution in [0, 0.1) is 0 Å². The number of hydrogen-bond donors (Lipinski definition) is 1. The summed E-state index contributed by atoms with van der Waals surface area (Å²) < 4.78 is 2.29. The molecule has 0 unspecified atom stereocenters. The van der Waals surface area contributed by atoms with Gasteiger partial charge < -0.3 is 14.8 Å². The smallest absolute Gasteiger partial charge is 0.170 e. The first-order chi connectivity index (χ1) is 15.3. The Bertz CT molecular complexity index is 1200. The lowest BCUT2D eigenvalue weighted by Crippen LogP contribution is -2.31. The highest BCUT2D eigenvalue weighted by Gasteiger charge is 2.40. The van der Waals surface area contributed by atoms with Crippen LogP contribution in [0.25, 0.3) is 16.5 Å². The summed E-state index contributed by atoms with van der Waals surface area (Å²) in [4.78, 5) is 6.99. The van der Waals surface area contributed by atoms with Crippen molar-refractivity contribution in [2.24, 2.45) is 0 Å². The second kappa shape index (κ2) is 8.52. The van der Waals surface area contributed by atoms with Crippen molar-refractivity contribution >= 4 is 28.1 Å². The number of fused-ring (bicyclic) bond motifs is 1. The molecule has 1 aliphatic rings. The molecule has 156 valence electrons. The fourth-order valence-corrected chi connectivity index (χ4v) is 4.82. The molecule has 2 aromatic carbocycles. The zero-order valence-corrected chi connectivity index (χ0v) is 18.4. The van der Waals surface area contributed by atoms with Gasteiger partial charge in [0.1, 0.15) is 0 Å². The predicted octanol–water partition coefficient (Wildman–Crippen LogP) is 5.80. The Morgan fingerprint density at radius 3 is 2.61 bits per heavy atom. The Balaban J connectivity index is 1.60. The van der Waals surface area contributed by atoms with E-state index in [1.54, 1.807) is 0 Å². The third-order valence-corrected chi connectivity index (χ3v) is 6.40. The van der Waals surface area contributed by atoms with Gasteiger partial charge in [0.15, 0.2) is 5.11 Å². The molecule has 0 aliphatic carbocycles. The molecule has 1 N–H and O–H groups in total. The first-order valence-electron chi connectivity index (χ1n) is 10.9. The number of rotatable bonds is 6. The number of aromatic nitrogens is 2. The zero-order chi connectivity index (χ0) is 21.2. The van der Waals surface area contributed by atoms with Gasteiger partial charge in [0.2, 0.25) is 0 Å². The van der Waals surface area contributed by atoms with Gasteiger partial charge in [-0.25, -0.2) is 0 Å².